The summed E-state index contributed by atoms with van der Waals surface area (Å²) in [6.07, 6.45) is 4.14. The maximum Gasteiger partial charge on any atom is 0.303 e. The van der Waals surface area contributed by atoms with Crippen LogP contribution in [0.5, 0.6) is 0 Å². The van der Waals surface area contributed by atoms with E-state index >= 15 is 0 Å². The number of nitrogens with one attached hydrogen (secondary N) is 1. The highest BCUT2D eigenvalue weighted by molar-refractivity contribution is 5.67. The predicted molar refractivity (Wildman–Crippen MR) is 68.0 cm³/mol. The van der Waals surface area contributed by atoms with E-state index < -0.39 is 5.97 Å². The number of carbonyl (C=O) groups is 1. The zero-order chi connectivity index (χ0) is 13.0. The van der Waals surface area contributed by atoms with Crippen LogP contribution < -0.4 is 5.32 Å². The number of hydrogen-bond donors (Lipinski definition) is 2. The molecule has 98 valence electrons. The van der Waals surface area contributed by atoms with Crippen LogP contribution in [0.4, 0.5) is 10.1 Å². The van der Waals surface area contributed by atoms with Gasteiger partial charge < -0.3 is 10.4 Å². The van der Waals surface area contributed by atoms with Gasteiger partial charge in [-0.3, -0.25) is 4.79 Å². The summed E-state index contributed by atoms with van der Waals surface area (Å²) < 4.78 is 12.8. The van der Waals surface area contributed by atoms with Gasteiger partial charge in [-0.1, -0.05) is 0 Å². The minimum Gasteiger partial charge on any atom is -0.481 e. The number of halogens is 1. The van der Waals surface area contributed by atoms with Gasteiger partial charge in [-0.2, -0.15) is 0 Å². The molecule has 1 aliphatic rings. The molecule has 0 amide bonds. The van der Waals surface area contributed by atoms with Crippen molar-refractivity contribution >= 4 is 11.7 Å². The number of rotatable bonds is 4. The monoisotopic (exact) mass is 251 g/mol. The Morgan fingerprint density at radius 3 is 2.39 bits per heavy atom. The third kappa shape index (κ3) is 3.72. The topological polar surface area (TPSA) is 49.3 Å². The summed E-state index contributed by atoms with van der Waals surface area (Å²) in [5.41, 5.74) is 0.929. The first-order chi connectivity index (χ1) is 8.63. The molecule has 1 saturated carbocycles. The second-order valence-corrected chi connectivity index (χ2v) is 4.97. The molecular formula is C14H18FNO2. The highest BCUT2D eigenvalue weighted by Crippen LogP contribution is 2.28. The van der Waals surface area contributed by atoms with Gasteiger partial charge in [-0.25, -0.2) is 4.39 Å². The van der Waals surface area contributed by atoms with E-state index in [0.29, 0.717) is 12.0 Å². The fourth-order valence-corrected chi connectivity index (χ4v) is 2.54. The van der Waals surface area contributed by atoms with Crippen molar-refractivity contribution in [3.8, 4) is 0 Å². The Bertz CT molecular complexity index is 397. The lowest BCUT2D eigenvalue weighted by Gasteiger charge is -2.29. The van der Waals surface area contributed by atoms with Gasteiger partial charge in [0.05, 0.1) is 0 Å². The SMILES string of the molecule is O=C(O)CC1CCC(Nc2ccc(F)cc2)CC1. The summed E-state index contributed by atoms with van der Waals surface area (Å²) in [7, 11) is 0. The van der Waals surface area contributed by atoms with E-state index in [0.717, 1.165) is 31.4 Å². The summed E-state index contributed by atoms with van der Waals surface area (Å²) in [5, 5.41) is 12.1. The standard InChI is InChI=1S/C14H18FNO2/c15-11-3-7-13(8-4-11)16-12-5-1-10(2-6-12)9-14(17)18/h3-4,7-8,10,12,16H,1-2,5-6,9H2,(H,17,18). The Kier molecular flexibility index (Phi) is 4.18. The molecule has 0 heterocycles. The molecule has 4 heteroatoms. The Labute approximate surface area is 106 Å². The highest BCUT2D eigenvalue weighted by atomic mass is 19.1. The van der Waals surface area contributed by atoms with Gasteiger partial charge in [-0.15, -0.1) is 0 Å². The Morgan fingerprint density at radius 2 is 1.83 bits per heavy atom. The molecule has 18 heavy (non-hydrogen) atoms. The molecule has 1 fully saturated rings. The van der Waals surface area contributed by atoms with Gasteiger partial charge in [0.1, 0.15) is 5.82 Å². The van der Waals surface area contributed by atoms with Gasteiger partial charge in [0.2, 0.25) is 0 Å². The van der Waals surface area contributed by atoms with Crippen LogP contribution in [0.15, 0.2) is 24.3 Å². The maximum atomic E-state index is 12.8. The molecule has 0 spiro atoms. The third-order valence-electron chi connectivity index (χ3n) is 3.53. The molecule has 0 saturated heterocycles. The van der Waals surface area contributed by atoms with Crippen molar-refractivity contribution in [1.82, 2.24) is 0 Å². The first kappa shape index (κ1) is 12.9. The van der Waals surface area contributed by atoms with Crippen LogP contribution in [0, 0.1) is 11.7 Å². The van der Waals surface area contributed by atoms with Crippen molar-refractivity contribution < 1.29 is 14.3 Å². The lowest BCUT2D eigenvalue weighted by Crippen LogP contribution is -2.27. The van der Waals surface area contributed by atoms with Crippen LogP contribution in [-0.2, 0) is 4.79 Å². The van der Waals surface area contributed by atoms with Gasteiger partial charge in [0.15, 0.2) is 0 Å². The lowest BCUT2D eigenvalue weighted by molar-refractivity contribution is -0.138. The highest BCUT2D eigenvalue weighted by Gasteiger charge is 2.22. The zero-order valence-corrected chi connectivity index (χ0v) is 10.2. The maximum absolute atomic E-state index is 12.8. The Hall–Kier alpha value is -1.58. The molecule has 2 N–H and O–H groups in total. The van der Waals surface area contributed by atoms with E-state index in [2.05, 4.69) is 5.32 Å². The molecule has 0 bridgehead atoms. The summed E-state index contributed by atoms with van der Waals surface area (Å²) >= 11 is 0. The van der Waals surface area contributed by atoms with Crippen molar-refractivity contribution in [3.63, 3.8) is 0 Å². The average Bonchev–Trinajstić information content (AvgIpc) is 2.34. The van der Waals surface area contributed by atoms with Crippen molar-refractivity contribution in [2.24, 2.45) is 5.92 Å². The Balaban J connectivity index is 1.79. The largest absolute Gasteiger partial charge is 0.481 e. The summed E-state index contributed by atoms with van der Waals surface area (Å²) in [6, 6.07) is 6.73. The normalized spacial score (nSPS) is 23.6. The van der Waals surface area contributed by atoms with Crippen LogP contribution in [0.25, 0.3) is 0 Å². The molecule has 0 unspecified atom stereocenters. The minimum atomic E-state index is -0.704. The van der Waals surface area contributed by atoms with Crippen molar-refractivity contribution in [2.75, 3.05) is 5.32 Å². The fourth-order valence-electron chi connectivity index (χ4n) is 2.54. The van der Waals surface area contributed by atoms with Crippen LogP contribution in [0.3, 0.4) is 0 Å². The van der Waals surface area contributed by atoms with Crippen molar-refractivity contribution in [3.05, 3.63) is 30.1 Å². The molecular weight excluding hydrogens is 233 g/mol. The van der Waals surface area contributed by atoms with Crippen molar-refractivity contribution in [2.45, 2.75) is 38.1 Å². The van der Waals surface area contributed by atoms with E-state index in [1.807, 2.05) is 0 Å². The van der Waals surface area contributed by atoms with E-state index in [1.165, 1.54) is 12.1 Å². The van der Waals surface area contributed by atoms with E-state index in [4.69, 9.17) is 5.11 Å². The molecule has 0 aromatic heterocycles. The van der Waals surface area contributed by atoms with Crippen LogP contribution in [0.2, 0.25) is 0 Å². The number of hydrogen-bond acceptors (Lipinski definition) is 2. The second-order valence-electron chi connectivity index (χ2n) is 4.97. The lowest BCUT2D eigenvalue weighted by atomic mass is 9.84. The van der Waals surface area contributed by atoms with Crippen LogP contribution in [0.1, 0.15) is 32.1 Å². The number of aliphatic carboxylic acids is 1. The molecule has 0 atom stereocenters. The van der Waals surface area contributed by atoms with Crippen LogP contribution in [-0.4, -0.2) is 17.1 Å². The Morgan fingerprint density at radius 1 is 1.22 bits per heavy atom. The first-order valence-electron chi connectivity index (χ1n) is 6.37. The quantitative estimate of drug-likeness (QED) is 0.863. The average molecular weight is 251 g/mol. The summed E-state index contributed by atoms with van der Waals surface area (Å²) in [4.78, 5) is 10.6. The molecule has 3 nitrogen and oxygen atoms in total. The number of anilines is 1. The fraction of sp³-hybridized carbons (Fsp3) is 0.500. The van der Waals surface area contributed by atoms with E-state index in [9.17, 15) is 9.18 Å². The minimum absolute atomic E-state index is 0.231. The number of carboxylic acids is 1. The van der Waals surface area contributed by atoms with Crippen LogP contribution >= 0.6 is 0 Å². The van der Waals surface area contributed by atoms with Gasteiger partial charge in [0, 0.05) is 18.2 Å². The second kappa shape index (κ2) is 5.85. The zero-order valence-electron chi connectivity index (χ0n) is 10.2. The van der Waals surface area contributed by atoms with E-state index in [-0.39, 0.29) is 12.2 Å². The molecule has 0 radical (unpaired) electrons. The predicted octanol–water partition coefficient (Wildman–Crippen LogP) is 3.27. The first-order valence-corrected chi connectivity index (χ1v) is 6.37. The van der Waals surface area contributed by atoms with Gasteiger partial charge in [0.25, 0.3) is 0 Å². The summed E-state index contributed by atoms with van der Waals surface area (Å²) in [5.74, 6) is -0.621. The molecule has 2 rings (SSSR count). The van der Waals surface area contributed by atoms with Crippen molar-refractivity contribution in [1.29, 1.82) is 0 Å². The number of benzene rings is 1. The van der Waals surface area contributed by atoms with E-state index in [1.54, 1.807) is 12.1 Å². The summed E-state index contributed by atoms with van der Waals surface area (Å²) in [6.45, 7) is 0. The van der Waals surface area contributed by atoms with Gasteiger partial charge >= 0.3 is 5.97 Å². The van der Waals surface area contributed by atoms with Gasteiger partial charge in [-0.05, 0) is 55.9 Å². The molecule has 1 aromatic carbocycles. The molecule has 0 aliphatic heterocycles. The third-order valence-corrected chi connectivity index (χ3v) is 3.53. The molecule has 1 aromatic rings. The number of carboxylic acid groups (broad SMARTS) is 1. The smallest absolute Gasteiger partial charge is 0.303 e. The molecule has 1 aliphatic carbocycles.